The van der Waals surface area contributed by atoms with Crippen molar-refractivity contribution >= 4 is 29.3 Å². The minimum Gasteiger partial charge on any atom is -0.380 e. The van der Waals surface area contributed by atoms with Crippen LogP contribution in [0.5, 0.6) is 0 Å². The molecule has 0 radical (unpaired) electrons. The molecule has 0 saturated carbocycles. The predicted octanol–water partition coefficient (Wildman–Crippen LogP) is 3.08. The lowest BCUT2D eigenvalue weighted by atomic mass is 10.0. The zero-order valence-corrected chi connectivity index (χ0v) is 19.7. The minimum atomic E-state index is -0.968. The lowest BCUT2D eigenvalue weighted by Gasteiger charge is -2.27. The van der Waals surface area contributed by atoms with Crippen molar-refractivity contribution in [1.29, 1.82) is 0 Å². The number of likely N-dealkylation sites (tertiary alicyclic amines) is 1. The SMILES string of the molecule is O=C1CC[C@H](N2C(=O)c3cccc(NCc4ccc(CN5CCCCCC5)cc4)c3C2=O)C(=O)N1. The molecule has 8 heteroatoms. The monoisotopic (exact) mass is 474 g/mol. The van der Waals surface area contributed by atoms with E-state index in [9.17, 15) is 19.2 Å². The Kier molecular flexibility index (Phi) is 6.63. The number of piperidine rings is 1. The Labute approximate surface area is 204 Å². The predicted molar refractivity (Wildman–Crippen MR) is 131 cm³/mol. The highest BCUT2D eigenvalue weighted by molar-refractivity contribution is 6.25. The van der Waals surface area contributed by atoms with E-state index in [0.717, 1.165) is 30.1 Å². The Morgan fingerprint density at radius 1 is 0.857 bits per heavy atom. The van der Waals surface area contributed by atoms with Crippen molar-refractivity contribution in [2.24, 2.45) is 0 Å². The first-order valence-electron chi connectivity index (χ1n) is 12.4. The number of hydrogen-bond donors (Lipinski definition) is 2. The average Bonchev–Trinajstić information content (AvgIpc) is 3.00. The van der Waals surface area contributed by atoms with E-state index in [1.165, 1.54) is 31.2 Å². The van der Waals surface area contributed by atoms with Crippen molar-refractivity contribution in [1.82, 2.24) is 15.1 Å². The van der Waals surface area contributed by atoms with Crippen molar-refractivity contribution < 1.29 is 19.2 Å². The summed E-state index contributed by atoms with van der Waals surface area (Å²) in [4.78, 5) is 53.5. The summed E-state index contributed by atoms with van der Waals surface area (Å²) in [5, 5.41) is 5.52. The van der Waals surface area contributed by atoms with Crippen molar-refractivity contribution in [3.8, 4) is 0 Å². The maximum absolute atomic E-state index is 13.2. The number of carbonyl (C=O) groups is 4. The van der Waals surface area contributed by atoms with Gasteiger partial charge in [-0.15, -0.1) is 0 Å². The third kappa shape index (κ3) is 4.84. The molecule has 4 amide bonds. The van der Waals surface area contributed by atoms with Gasteiger partial charge in [0, 0.05) is 25.2 Å². The van der Waals surface area contributed by atoms with Crippen molar-refractivity contribution in [3.05, 3.63) is 64.7 Å². The van der Waals surface area contributed by atoms with Gasteiger partial charge < -0.3 is 5.32 Å². The van der Waals surface area contributed by atoms with Crippen LogP contribution < -0.4 is 10.6 Å². The van der Waals surface area contributed by atoms with Crippen LogP contribution in [-0.2, 0) is 22.7 Å². The highest BCUT2D eigenvalue weighted by Crippen LogP contribution is 2.32. The van der Waals surface area contributed by atoms with Crippen molar-refractivity contribution in [2.45, 2.75) is 57.7 Å². The van der Waals surface area contributed by atoms with Crippen LogP contribution in [-0.4, -0.2) is 52.6 Å². The standard InChI is InChI=1S/C27H30N4O4/c32-23-13-12-22(25(33)29-23)31-26(34)20-6-5-7-21(24(20)27(31)35)28-16-18-8-10-19(11-9-18)17-30-14-3-1-2-4-15-30/h5-11,22,28H,1-4,12-17H2,(H,29,32,33)/t22-/m0/s1. The number of carbonyl (C=O) groups excluding carboxylic acids is 4. The number of anilines is 1. The number of imide groups is 2. The van der Waals surface area contributed by atoms with E-state index in [0.29, 0.717) is 12.2 Å². The number of benzene rings is 2. The largest absolute Gasteiger partial charge is 0.380 e. The molecule has 2 aromatic rings. The topological polar surface area (TPSA) is 98.8 Å². The fourth-order valence-corrected chi connectivity index (χ4v) is 5.17. The van der Waals surface area contributed by atoms with Crippen LogP contribution in [0.25, 0.3) is 0 Å². The maximum Gasteiger partial charge on any atom is 0.264 e. The second-order valence-electron chi connectivity index (χ2n) is 9.54. The molecule has 8 nitrogen and oxygen atoms in total. The van der Waals surface area contributed by atoms with Gasteiger partial charge in [0.15, 0.2) is 0 Å². The Morgan fingerprint density at radius 3 is 2.29 bits per heavy atom. The summed E-state index contributed by atoms with van der Waals surface area (Å²) < 4.78 is 0. The maximum atomic E-state index is 13.2. The van der Waals surface area contributed by atoms with Gasteiger partial charge in [-0.2, -0.15) is 0 Å². The second kappa shape index (κ2) is 10.00. The number of nitrogens with one attached hydrogen (secondary N) is 2. The summed E-state index contributed by atoms with van der Waals surface area (Å²) in [6.07, 6.45) is 5.43. The summed E-state index contributed by atoms with van der Waals surface area (Å²) in [7, 11) is 0. The normalized spacial score (nSPS) is 21.0. The van der Waals surface area contributed by atoms with Crippen LogP contribution in [0, 0.1) is 0 Å². The first-order chi connectivity index (χ1) is 17.0. The third-order valence-electron chi connectivity index (χ3n) is 7.08. The fourth-order valence-electron chi connectivity index (χ4n) is 5.17. The molecule has 35 heavy (non-hydrogen) atoms. The van der Waals surface area contributed by atoms with Crippen molar-refractivity contribution in [2.75, 3.05) is 18.4 Å². The molecule has 2 N–H and O–H groups in total. The van der Waals surface area contributed by atoms with E-state index in [-0.39, 0.29) is 29.9 Å². The number of fused-ring (bicyclic) bond motifs is 1. The van der Waals surface area contributed by atoms with Gasteiger partial charge in [0.1, 0.15) is 6.04 Å². The molecular formula is C27H30N4O4. The van der Waals surface area contributed by atoms with Crippen LogP contribution in [0.15, 0.2) is 42.5 Å². The first-order valence-corrected chi connectivity index (χ1v) is 12.4. The summed E-state index contributed by atoms with van der Waals surface area (Å²) in [6.45, 7) is 3.78. The van der Waals surface area contributed by atoms with E-state index in [4.69, 9.17) is 0 Å². The second-order valence-corrected chi connectivity index (χ2v) is 9.54. The molecule has 3 aliphatic rings. The molecule has 0 bridgehead atoms. The minimum absolute atomic E-state index is 0.0999. The molecule has 5 rings (SSSR count). The zero-order valence-electron chi connectivity index (χ0n) is 19.7. The first kappa shape index (κ1) is 23.2. The number of amides is 4. The summed E-state index contributed by atoms with van der Waals surface area (Å²) in [6, 6.07) is 12.6. The quantitative estimate of drug-likeness (QED) is 0.625. The molecule has 0 spiro atoms. The molecule has 3 heterocycles. The Hall–Kier alpha value is -3.52. The van der Waals surface area contributed by atoms with Crippen LogP contribution >= 0.6 is 0 Å². The molecule has 2 aromatic carbocycles. The highest BCUT2D eigenvalue weighted by atomic mass is 16.2. The summed E-state index contributed by atoms with van der Waals surface area (Å²) in [5.41, 5.74) is 3.47. The molecule has 2 fully saturated rings. The molecule has 0 aliphatic carbocycles. The van der Waals surface area contributed by atoms with Crippen LogP contribution in [0.4, 0.5) is 5.69 Å². The van der Waals surface area contributed by atoms with Gasteiger partial charge in [-0.05, 0) is 55.6 Å². The van der Waals surface area contributed by atoms with Crippen LogP contribution in [0.1, 0.15) is 70.4 Å². The lowest BCUT2D eigenvalue weighted by Crippen LogP contribution is -2.54. The molecule has 2 saturated heterocycles. The summed E-state index contributed by atoms with van der Waals surface area (Å²) in [5.74, 6) is -2.00. The smallest absolute Gasteiger partial charge is 0.264 e. The van der Waals surface area contributed by atoms with E-state index in [1.807, 2.05) is 0 Å². The zero-order chi connectivity index (χ0) is 24.4. The van der Waals surface area contributed by atoms with Gasteiger partial charge in [0.05, 0.1) is 11.1 Å². The van der Waals surface area contributed by atoms with E-state index in [2.05, 4.69) is 39.8 Å². The fraction of sp³-hybridized carbons (Fsp3) is 0.407. The summed E-state index contributed by atoms with van der Waals surface area (Å²) >= 11 is 0. The Bertz CT molecular complexity index is 1150. The molecule has 182 valence electrons. The molecular weight excluding hydrogens is 444 g/mol. The van der Waals surface area contributed by atoms with Gasteiger partial charge in [-0.1, -0.05) is 43.2 Å². The number of nitrogens with zero attached hydrogens (tertiary/aromatic N) is 2. The van der Waals surface area contributed by atoms with Crippen LogP contribution in [0.3, 0.4) is 0 Å². The van der Waals surface area contributed by atoms with Gasteiger partial charge in [-0.3, -0.25) is 34.3 Å². The van der Waals surface area contributed by atoms with Gasteiger partial charge in [-0.25, -0.2) is 0 Å². The molecule has 0 unspecified atom stereocenters. The molecule has 3 aliphatic heterocycles. The van der Waals surface area contributed by atoms with Gasteiger partial charge >= 0.3 is 0 Å². The highest BCUT2D eigenvalue weighted by Gasteiger charge is 2.45. The number of rotatable bonds is 6. The Morgan fingerprint density at radius 2 is 1.57 bits per heavy atom. The van der Waals surface area contributed by atoms with E-state index < -0.39 is 23.8 Å². The van der Waals surface area contributed by atoms with E-state index in [1.54, 1.807) is 18.2 Å². The van der Waals surface area contributed by atoms with Crippen LogP contribution in [0.2, 0.25) is 0 Å². The van der Waals surface area contributed by atoms with Crippen molar-refractivity contribution in [3.63, 3.8) is 0 Å². The van der Waals surface area contributed by atoms with E-state index >= 15 is 0 Å². The lowest BCUT2D eigenvalue weighted by molar-refractivity contribution is -0.136. The van der Waals surface area contributed by atoms with Gasteiger partial charge in [0.2, 0.25) is 11.8 Å². The third-order valence-corrected chi connectivity index (χ3v) is 7.08. The molecule has 1 atom stereocenters. The molecule has 0 aromatic heterocycles. The van der Waals surface area contributed by atoms with Gasteiger partial charge in [0.25, 0.3) is 11.8 Å². The Balaban J connectivity index is 1.26. The number of hydrogen-bond acceptors (Lipinski definition) is 6. The average molecular weight is 475 g/mol.